The number of ether oxygens (including phenoxy) is 1. The average molecular weight is 183 g/mol. The van der Waals surface area contributed by atoms with Crippen molar-refractivity contribution in [1.29, 1.82) is 0 Å². The number of hydrogen-bond donors (Lipinski definition) is 1. The molecule has 72 valence electrons. The average Bonchev–Trinajstić information content (AvgIpc) is 2.50. The van der Waals surface area contributed by atoms with Crippen LogP contribution < -0.4 is 5.32 Å². The molecular weight excluding hydrogens is 170 g/mol. The number of hydrogen-bond acceptors (Lipinski definition) is 3. The van der Waals surface area contributed by atoms with Gasteiger partial charge in [0.15, 0.2) is 0 Å². The highest BCUT2D eigenvalue weighted by molar-refractivity contribution is 5.76. The zero-order chi connectivity index (χ0) is 9.84. The first-order chi connectivity index (χ1) is 6.13. The number of carbonyl (C=O) groups is 2. The van der Waals surface area contributed by atoms with Gasteiger partial charge in [0.25, 0.3) is 0 Å². The molecule has 1 amide bonds. The maximum Gasteiger partial charge on any atom is 0.312 e. The van der Waals surface area contributed by atoms with Crippen LogP contribution in [0.2, 0.25) is 0 Å². The second kappa shape index (κ2) is 4.07. The second-order valence-electron chi connectivity index (χ2n) is 3.06. The van der Waals surface area contributed by atoms with Crippen molar-refractivity contribution in [3.05, 3.63) is 12.2 Å². The topological polar surface area (TPSA) is 55.4 Å². The molecule has 4 nitrogen and oxygen atoms in total. The molecule has 0 aromatic heterocycles. The van der Waals surface area contributed by atoms with E-state index in [2.05, 4.69) is 10.1 Å². The van der Waals surface area contributed by atoms with Crippen molar-refractivity contribution in [2.75, 3.05) is 7.11 Å². The van der Waals surface area contributed by atoms with Gasteiger partial charge in [0.2, 0.25) is 5.91 Å². The van der Waals surface area contributed by atoms with E-state index in [-0.39, 0.29) is 23.8 Å². The summed E-state index contributed by atoms with van der Waals surface area (Å²) in [7, 11) is 1.36. The van der Waals surface area contributed by atoms with Crippen LogP contribution in [0.3, 0.4) is 0 Å². The van der Waals surface area contributed by atoms with Crippen LogP contribution in [0.1, 0.15) is 13.3 Å². The van der Waals surface area contributed by atoms with E-state index in [1.54, 1.807) is 6.08 Å². The third-order valence-corrected chi connectivity index (χ3v) is 1.98. The Kier molecular flexibility index (Phi) is 3.06. The van der Waals surface area contributed by atoms with E-state index in [1.807, 2.05) is 6.08 Å². The molecule has 0 aromatic carbocycles. The van der Waals surface area contributed by atoms with Crippen LogP contribution >= 0.6 is 0 Å². The minimum Gasteiger partial charge on any atom is -0.469 e. The van der Waals surface area contributed by atoms with Gasteiger partial charge in [-0.3, -0.25) is 9.59 Å². The molecule has 0 radical (unpaired) electrons. The Bertz CT molecular complexity index is 247. The molecule has 1 rings (SSSR count). The first kappa shape index (κ1) is 9.77. The Morgan fingerprint density at radius 2 is 2.15 bits per heavy atom. The highest BCUT2D eigenvalue weighted by atomic mass is 16.5. The van der Waals surface area contributed by atoms with Crippen molar-refractivity contribution in [3.63, 3.8) is 0 Å². The molecule has 0 bridgehead atoms. The van der Waals surface area contributed by atoms with E-state index >= 15 is 0 Å². The number of carbonyl (C=O) groups excluding carboxylic acids is 2. The predicted octanol–water partition coefficient (Wildman–Crippen LogP) is 0.240. The summed E-state index contributed by atoms with van der Waals surface area (Å²) in [6, 6.07) is -0.0263. The summed E-state index contributed by atoms with van der Waals surface area (Å²) in [5.74, 6) is -0.536. The lowest BCUT2D eigenvalue weighted by Crippen LogP contribution is -2.31. The smallest absolute Gasteiger partial charge is 0.312 e. The summed E-state index contributed by atoms with van der Waals surface area (Å²) in [6.45, 7) is 1.46. The molecule has 0 saturated heterocycles. The van der Waals surface area contributed by atoms with Crippen LogP contribution in [0.5, 0.6) is 0 Å². The third-order valence-electron chi connectivity index (χ3n) is 1.98. The lowest BCUT2D eigenvalue weighted by molar-refractivity contribution is -0.143. The van der Waals surface area contributed by atoms with Gasteiger partial charge < -0.3 is 10.1 Å². The van der Waals surface area contributed by atoms with E-state index in [0.717, 1.165) is 0 Å². The minimum absolute atomic E-state index is 0.0263. The number of rotatable bonds is 2. The van der Waals surface area contributed by atoms with Gasteiger partial charge in [-0.25, -0.2) is 0 Å². The summed E-state index contributed by atoms with van der Waals surface area (Å²) in [4.78, 5) is 21.7. The van der Waals surface area contributed by atoms with Gasteiger partial charge in [0, 0.05) is 13.0 Å². The zero-order valence-electron chi connectivity index (χ0n) is 7.74. The molecule has 1 N–H and O–H groups in total. The van der Waals surface area contributed by atoms with Gasteiger partial charge in [-0.1, -0.05) is 12.2 Å². The van der Waals surface area contributed by atoms with Crippen molar-refractivity contribution in [2.24, 2.45) is 5.92 Å². The molecule has 0 unspecified atom stereocenters. The predicted molar refractivity (Wildman–Crippen MR) is 46.9 cm³/mol. The van der Waals surface area contributed by atoms with E-state index in [1.165, 1.54) is 14.0 Å². The summed E-state index contributed by atoms with van der Waals surface area (Å²) in [5.41, 5.74) is 0. The fourth-order valence-corrected chi connectivity index (χ4v) is 1.39. The fourth-order valence-electron chi connectivity index (χ4n) is 1.39. The number of esters is 1. The highest BCUT2D eigenvalue weighted by Crippen LogP contribution is 2.18. The lowest BCUT2D eigenvalue weighted by Gasteiger charge is -2.10. The normalized spacial score (nSPS) is 25.7. The Balaban J connectivity index is 2.42. The minimum atomic E-state index is -0.246. The van der Waals surface area contributed by atoms with Gasteiger partial charge in [-0.15, -0.1) is 0 Å². The Hall–Kier alpha value is -1.32. The molecular formula is C9H13NO3. The van der Waals surface area contributed by atoms with Crippen LogP contribution in [0.15, 0.2) is 12.2 Å². The largest absolute Gasteiger partial charge is 0.469 e. The van der Waals surface area contributed by atoms with E-state index in [9.17, 15) is 9.59 Å². The van der Waals surface area contributed by atoms with Crippen LogP contribution in [0.4, 0.5) is 0 Å². The van der Waals surface area contributed by atoms with Crippen LogP contribution in [0, 0.1) is 5.92 Å². The standard InChI is InChI=1S/C9H13NO3/c1-6(11)10-8-4-3-7(5-8)9(12)13-2/h3-4,7-8H,5H2,1-2H3,(H,10,11)/t7-,8-/m1/s1. The summed E-state index contributed by atoms with van der Waals surface area (Å²) in [5, 5.41) is 2.72. The van der Waals surface area contributed by atoms with Crippen molar-refractivity contribution in [2.45, 2.75) is 19.4 Å². The van der Waals surface area contributed by atoms with E-state index in [4.69, 9.17) is 0 Å². The Morgan fingerprint density at radius 1 is 1.46 bits per heavy atom. The quantitative estimate of drug-likeness (QED) is 0.493. The van der Waals surface area contributed by atoms with Crippen LogP contribution in [-0.2, 0) is 14.3 Å². The fraction of sp³-hybridized carbons (Fsp3) is 0.556. The van der Waals surface area contributed by atoms with Gasteiger partial charge in [-0.05, 0) is 6.42 Å². The van der Waals surface area contributed by atoms with Crippen molar-refractivity contribution in [1.82, 2.24) is 5.32 Å². The second-order valence-corrected chi connectivity index (χ2v) is 3.06. The molecule has 2 atom stereocenters. The summed E-state index contributed by atoms with van der Waals surface area (Å²) in [6.07, 6.45) is 4.20. The van der Waals surface area contributed by atoms with Crippen LogP contribution in [-0.4, -0.2) is 25.0 Å². The molecule has 0 fully saturated rings. The number of methoxy groups -OCH3 is 1. The monoisotopic (exact) mass is 183 g/mol. The highest BCUT2D eigenvalue weighted by Gasteiger charge is 2.25. The molecule has 13 heavy (non-hydrogen) atoms. The summed E-state index contributed by atoms with van der Waals surface area (Å²) < 4.78 is 4.58. The van der Waals surface area contributed by atoms with Crippen molar-refractivity contribution < 1.29 is 14.3 Å². The zero-order valence-corrected chi connectivity index (χ0v) is 7.74. The SMILES string of the molecule is COC(=O)[C@@H]1C=C[C@@H](NC(C)=O)C1. The summed E-state index contributed by atoms with van der Waals surface area (Å²) >= 11 is 0. The molecule has 0 aliphatic heterocycles. The maximum absolute atomic E-state index is 11.1. The van der Waals surface area contributed by atoms with Crippen molar-refractivity contribution >= 4 is 11.9 Å². The lowest BCUT2D eigenvalue weighted by atomic mass is 10.1. The van der Waals surface area contributed by atoms with Gasteiger partial charge in [-0.2, -0.15) is 0 Å². The first-order valence-corrected chi connectivity index (χ1v) is 4.16. The van der Waals surface area contributed by atoms with Crippen LogP contribution in [0.25, 0.3) is 0 Å². The van der Waals surface area contributed by atoms with E-state index < -0.39 is 0 Å². The van der Waals surface area contributed by atoms with Crippen molar-refractivity contribution in [3.8, 4) is 0 Å². The molecule has 0 saturated carbocycles. The molecule has 4 heteroatoms. The molecule has 1 aliphatic carbocycles. The van der Waals surface area contributed by atoms with Gasteiger partial charge in [0.05, 0.1) is 13.0 Å². The first-order valence-electron chi connectivity index (χ1n) is 4.16. The molecule has 0 heterocycles. The molecule has 0 spiro atoms. The van der Waals surface area contributed by atoms with Gasteiger partial charge >= 0.3 is 5.97 Å². The third kappa shape index (κ3) is 2.57. The van der Waals surface area contributed by atoms with Gasteiger partial charge in [0.1, 0.15) is 0 Å². The van der Waals surface area contributed by atoms with E-state index in [0.29, 0.717) is 6.42 Å². The Morgan fingerprint density at radius 3 is 2.69 bits per heavy atom. The molecule has 0 aromatic rings. The number of amides is 1. The maximum atomic E-state index is 11.1. The Labute approximate surface area is 76.9 Å². The number of nitrogens with one attached hydrogen (secondary N) is 1. The molecule has 1 aliphatic rings.